The molecule has 1 amide bonds. The van der Waals surface area contributed by atoms with Gasteiger partial charge in [0.05, 0.1) is 7.11 Å². The van der Waals surface area contributed by atoms with Crippen molar-refractivity contribution in [3.8, 4) is 5.75 Å². The number of amides is 1. The zero-order chi connectivity index (χ0) is 16.7. The quantitative estimate of drug-likeness (QED) is 0.750. The third-order valence-corrected chi connectivity index (χ3v) is 3.61. The van der Waals surface area contributed by atoms with Crippen molar-refractivity contribution in [2.45, 2.75) is 26.4 Å². The third-order valence-electron chi connectivity index (χ3n) is 3.61. The first-order valence-electron chi connectivity index (χ1n) is 7.77. The Morgan fingerprint density at radius 1 is 1.13 bits per heavy atom. The molecule has 3 heteroatoms. The van der Waals surface area contributed by atoms with Crippen molar-refractivity contribution in [1.29, 1.82) is 0 Å². The minimum atomic E-state index is 0.00618. The highest BCUT2D eigenvalue weighted by atomic mass is 16.5. The van der Waals surface area contributed by atoms with Gasteiger partial charge >= 0.3 is 0 Å². The predicted molar refractivity (Wildman–Crippen MR) is 94.2 cm³/mol. The number of hydrogen-bond donors (Lipinski definition) is 0. The van der Waals surface area contributed by atoms with Crippen molar-refractivity contribution in [1.82, 2.24) is 4.90 Å². The first kappa shape index (κ1) is 16.8. The van der Waals surface area contributed by atoms with Crippen LogP contribution in [0.15, 0.2) is 60.7 Å². The van der Waals surface area contributed by atoms with Gasteiger partial charge in [-0.2, -0.15) is 0 Å². The van der Waals surface area contributed by atoms with Crippen LogP contribution in [0.5, 0.6) is 5.75 Å². The summed E-state index contributed by atoms with van der Waals surface area (Å²) in [4.78, 5) is 14.4. The van der Waals surface area contributed by atoms with E-state index in [9.17, 15) is 4.79 Å². The Bertz CT molecular complexity index is 662. The molecular formula is C20H23NO2. The standard InChI is InChI=1S/C20H23NO2/c1-16(2)21(15-18-8-5-4-6-9-18)20(22)13-12-17-10-7-11-19(14-17)23-3/h4-14,16H,15H2,1-3H3/b13-12+. The lowest BCUT2D eigenvalue weighted by Crippen LogP contribution is -2.35. The minimum Gasteiger partial charge on any atom is -0.497 e. The van der Waals surface area contributed by atoms with E-state index in [1.807, 2.05) is 79.4 Å². The van der Waals surface area contributed by atoms with Gasteiger partial charge in [0.1, 0.15) is 5.75 Å². The monoisotopic (exact) mass is 309 g/mol. The maximum absolute atomic E-state index is 12.5. The Hall–Kier alpha value is -2.55. The van der Waals surface area contributed by atoms with Crippen molar-refractivity contribution in [2.24, 2.45) is 0 Å². The Balaban J connectivity index is 2.10. The molecule has 120 valence electrons. The number of rotatable bonds is 6. The van der Waals surface area contributed by atoms with Crippen LogP contribution in [0.1, 0.15) is 25.0 Å². The number of carbonyl (C=O) groups excluding carboxylic acids is 1. The highest BCUT2D eigenvalue weighted by Gasteiger charge is 2.14. The van der Waals surface area contributed by atoms with Crippen molar-refractivity contribution < 1.29 is 9.53 Å². The SMILES string of the molecule is COc1cccc(/C=C/C(=O)N(Cc2ccccc2)C(C)C)c1. The second-order valence-electron chi connectivity index (χ2n) is 5.66. The summed E-state index contributed by atoms with van der Waals surface area (Å²) in [6.07, 6.45) is 3.45. The van der Waals surface area contributed by atoms with Crippen LogP contribution >= 0.6 is 0 Å². The predicted octanol–water partition coefficient (Wildman–Crippen LogP) is 4.15. The van der Waals surface area contributed by atoms with E-state index >= 15 is 0 Å². The van der Waals surface area contributed by atoms with Crippen LogP contribution in [0, 0.1) is 0 Å². The Labute approximate surface area is 138 Å². The van der Waals surface area contributed by atoms with Crippen molar-refractivity contribution in [2.75, 3.05) is 7.11 Å². The van der Waals surface area contributed by atoms with Gasteiger partial charge in [-0.15, -0.1) is 0 Å². The van der Waals surface area contributed by atoms with Gasteiger partial charge in [-0.1, -0.05) is 42.5 Å². The molecule has 23 heavy (non-hydrogen) atoms. The largest absolute Gasteiger partial charge is 0.497 e. The molecular weight excluding hydrogens is 286 g/mol. The Morgan fingerprint density at radius 2 is 1.87 bits per heavy atom. The number of ether oxygens (including phenoxy) is 1. The molecule has 0 saturated carbocycles. The van der Waals surface area contributed by atoms with Crippen LogP contribution in [0.2, 0.25) is 0 Å². The van der Waals surface area contributed by atoms with E-state index in [0.717, 1.165) is 16.9 Å². The molecule has 0 aliphatic heterocycles. The minimum absolute atomic E-state index is 0.00618. The number of benzene rings is 2. The molecule has 2 rings (SSSR count). The molecule has 0 bridgehead atoms. The first-order chi connectivity index (χ1) is 11.1. The fourth-order valence-electron chi connectivity index (χ4n) is 2.30. The molecule has 0 heterocycles. The number of nitrogens with zero attached hydrogens (tertiary/aromatic N) is 1. The van der Waals surface area contributed by atoms with Gasteiger partial charge in [0.25, 0.3) is 0 Å². The maximum Gasteiger partial charge on any atom is 0.247 e. The Kier molecular flexibility index (Phi) is 5.98. The molecule has 0 spiro atoms. The van der Waals surface area contributed by atoms with Crippen molar-refractivity contribution in [3.63, 3.8) is 0 Å². The van der Waals surface area contributed by atoms with Gasteiger partial charge in [0.15, 0.2) is 0 Å². The summed E-state index contributed by atoms with van der Waals surface area (Å²) >= 11 is 0. The van der Waals surface area contributed by atoms with Gasteiger partial charge in [-0.25, -0.2) is 0 Å². The van der Waals surface area contributed by atoms with E-state index < -0.39 is 0 Å². The second-order valence-corrected chi connectivity index (χ2v) is 5.66. The summed E-state index contributed by atoms with van der Waals surface area (Å²) < 4.78 is 5.20. The molecule has 0 N–H and O–H groups in total. The number of hydrogen-bond acceptors (Lipinski definition) is 2. The summed E-state index contributed by atoms with van der Waals surface area (Å²) in [5.41, 5.74) is 2.07. The summed E-state index contributed by atoms with van der Waals surface area (Å²) in [6.45, 7) is 4.67. The average Bonchev–Trinajstić information content (AvgIpc) is 2.58. The van der Waals surface area contributed by atoms with Crippen LogP contribution in [-0.4, -0.2) is 24.0 Å². The third kappa shape index (κ3) is 4.99. The van der Waals surface area contributed by atoms with Gasteiger partial charge in [-0.05, 0) is 43.2 Å². The topological polar surface area (TPSA) is 29.5 Å². The van der Waals surface area contributed by atoms with Crippen LogP contribution in [0.25, 0.3) is 6.08 Å². The molecule has 0 fully saturated rings. The summed E-state index contributed by atoms with van der Waals surface area (Å²) in [6, 6.07) is 17.8. The van der Waals surface area contributed by atoms with Gasteiger partial charge in [0.2, 0.25) is 5.91 Å². The first-order valence-corrected chi connectivity index (χ1v) is 7.77. The van der Waals surface area contributed by atoms with E-state index in [0.29, 0.717) is 6.54 Å². The summed E-state index contributed by atoms with van der Waals surface area (Å²) in [7, 11) is 1.63. The number of carbonyl (C=O) groups is 1. The molecule has 2 aromatic carbocycles. The molecule has 0 saturated heterocycles. The number of methoxy groups -OCH3 is 1. The zero-order valence-electron chi connectivity index (χ0n) is 13.9. The van der Waals surface area contributed by atoms with Gasteiger partial charge in [0, 0.05) is 18.7 Å². The molecule has 0 radical (unpaired) electrons. The lowest BCUT2D eigenvalue weighted by Gasteiger charge is -2.25. The average molecular weight is 309 g/mol. The summed E-state index contributed by atoms with van der Waals surface area (Å²) in [5, 5.41) is 0. The van der Waals surface area contributed by atoms with Gasteiger partial charge < -0.3 is 9.64 Å². The smallest absolute Gasteiger partial charge is 0.247 e. The fraction of sp³-hybridized carbons (Fsp3) is 0.250. The molecule has 0 aliphatic carbocycles. The molecule has 0 aromatic heterocycles. The van der Waals surface area contributed by atoms with E-state index in [-0.39, 0.29) is 11.9 Å². The summed E-state index contributed by atoms with van der Waals surface area (Å²) in [5.74, 6) is 0.788. The van der Waals surface area contributed by atoms with Gasteiger partial charge in [-0.3, -0.25) is 4.79 Å². The van der Waals surface area contributed by atoms with Crippen LogP contribution in [-0.2, 0) is 11.3 Å². The van der Waals surface area contributed by atoms with E-state index in [4.69, 9.17) is 4.74 Å². The molecule has 0 atom stereocenters. The van der Waals surface area contributed by atoms with E-state index in [1.54, 1.807) is 13.2 Å². The molecule has 2 aromatic rings. The molecule has 0 aliphatic rings. The van der Waals surface area contributed by atoms with Crippen molar-refractivity contribution in [3.05, 3.63) is 71.8 Å². The highest BCUT2D eigenvalue weighted by molar-refractivity contribution is 5.92. The van der Waals surface area contributed by atoms with Crippen molar-refractivity contribution >= 4 is 12.0 Å². The lowest BCUT2D eigenvalue weighted by molar-refractivity contribution is -0.128. The second kappa shape index (κ2) is 8.18. The van der Waals surface area contributed by atoms with E-state index in [2.05, 4.69) is 0 Å². The normalized spacial score (nSPS) is 11.0. The molecule has 3 nitrogen and oxygen atoms in total. The van der Waals surface area contributed by atoms with E-state index in [1.165, 1.54) is 0 Å². The zero-order valence-corrected chi connectivity index (χ0v) is 13.9. The van der Waals surface area contributed by atoms with Crippen LogP contribution in [0.4, 0.5) is 0 Å². The Morgan fingerprint density at radius 3 is 2.52 bits per heavy atom. The van der Waals surface area contributed by atoms with Crippen LogP contribution in [0.3, 0.4) is 0 Å². The highest BCUT2D eigenvalue weighted by Crippen LogP contribution is 2.14. The van der Waals surface area contributed by atoms with Crippen LogP contribution < -0.4 is 4.74 Å². The molecule has 0 unspecified atom stereocenters. The maximum atomic E-state index is 12.5. The fourth-order valence-corrected chi connectivity index (χ4v) is 2.30. The lowest BCUT2D eigenvalue weighted by atomic mass is 10.1.